The van der Waals surface area contributed by atoms with Gasteiger partial charge >= 0.3 is 0 Å². The molecule has 3 rings (SSSR count). The first kappa shape index (κ1) is 15.7. The van der Waals surface area contributed by atoms with Gasteiger partial charge in [0.15, 0.2) is 5.82 Å². The number of nitrogens with zero attached hydrogens (tertiary/aromatic N) is 5. The Kier molecular flexibility index (Phi) is 4.71. The molecule has 0 aliphatic rings. The zero-order chi connectivity index (χ0) is 16.2. The lowest BCUT2D eigenvalue weighted by Crippen LogP contribution is -2.28. The van der Waals surface area contributed by atoms with Crippen molar-refractivity contribution in [3.63, 3.8) is 0 Å². The van der Waals surface area contributed by atoms with E-state index in [1.54, 1.807) is 0 Å². The highest BCUT2D eigenvalue weighted by molar-refractivity contribution is 5.77. The maximum absolute atomic E-state index is 6.01. The van der Waals surface area contributed by atoms with Gasteiger partial charge in [-0.25, -0.2) is 4.68 Å². The van der Waals surface area contributed by atoms with E-state index in [4.69, 9.17) is 4.42 Å². The highest BCUT2D eigenvalue weighted by Crippen LogP contribution is 2.28. The lowest BCUT2D eigenvalue weighted by atomic mass is 10.2. The molecule has 2 heterocycles. The van der Waals surface area contributed by atoms with Crippen LogP contribution in [0.5, 0.6) is 0 Å². The van der Waals surface area contributed by atoms with Crippen LogP contribution in [0.2, 0.25) is 0 Å². The minimum atomic E-state index is 0.166. The molecule has 0 aliphatic carbocycles. The van der Waals surface area contributed by atoms with Crippen molar-refractivity contribution in [1.29, 1.82) is 0 Å². The van der Waals surface area contributed by atoms with Crippen molar-refractivity contribution in [2.24, 2.45) is 0 Å². The molecule has 1 aromatic carbocycles. The minimum absolute atomic E-state index is 0.166. The van der Waals surface area contributed by atoms with E-state index in [-0.39, 0.29) is 6.04 Å². The van der Waals surface area contributed by atoms with Gasteiger partial charge in [-0.1, -0.05) is 32.0 Å². The normalized spacial score (nSPS) is 13.0. The van der Waals surface area contributed by atoms with Gasteiger partial charge in [-0.15, -0.1) is 5.10 Å². The molecule has 0 saturated heterocycles. The molecule has 122 valence electrons. The molecule has 0 spiro atoms. The molecule has 0 amide bonds. The molecule has 1 unspecified atom stereocenters. The number of para-hydroxylation sites is 1. The number of hydrogen-bond donors (Lipinski definition) is 0. The summed E-state index contributed by atoms with van der Waals surface area (Å²) in [5.74, 6) is 1.87. The van der Waals surface area contributed by atoms with Crippen molar-refractivity contribution < 1.29 is 4.42 Å². The van der Waals surface area contributed by atoms with E-state index >= 15 is 0 Å². The Morgan fingerprint density at radius 3 is 2.83 bits per heavy atom. The third kappa shape index (κ3) is 3.27. The van der Waals surface area contributed by atoms with Gasteiger partial charge < -0.3 is 4.42 Å². The molecule has 23 heavy (non-hydrogen) atoms. The lowest BCUT2D eigenvalue weighted by Gasteiger charge is -2.25. The maximum Gasteiger partial charge on any atom is 0.165 e. The molecule has 0 aliphatic heterocycles. The van der Waals surface area contributed by atoms with E-state index < -0.39 is 0 Å². The Morgan fingerprint density at radius 2 is 2.09 bits per heavy atom. The fraction of sp³-hybridized carbons (Fsp3) is 0.471. The Bertz CT molecular complexity index is 730. The number of furan rings is 1. The summed E-state index contributed by atoms with van der Waals surface area (Å²) in [5.41, 5.74) is 0.932. The van der Waals surface area contributed by atoms with Crippen molar-refractivity contribution in [2.45, 2.75) is 46.3 Å². The molecule has 0 fully saturated rings. The Morgan fingerprint density at radius 1 is 1.26 bits per heavy atom. The van der Waals surface area contributed by atoms with Crippen LogP contribution in [0.15, 0.2) is 34.7 Å². The monoisotopic (exact) mass is 313 g/mol. The van der Waals surface area contributed by atoms with Gasteiger partial charge in [0, 0.05) is 11.9 Å². The van der Waals surface area contributed by atoms with Crippen molar-refractivity contribution >= 4 is 11.0 Å². The average Bonchev–Trinajstić information content (AvgIpc) is 3.18. The zero-order valence-corrected chi connectivity index (χ0v) is 13.9. The predicted octanol–water partition coefficient (Wildman–Crippen LogP) is 3.41. The molecule has 0 bridgehead atoms. The zero-order valence-electron chi connectivity index (χ0n) is 13.9. The van der Waals surface area contributed by atoms with Crippen LogP contribution in [0.1, 0.15) is 44.8 Å². The van der Waals surface area contributed by atoms with Crippen LogP contribution >= 0.6 is 0 Å². The van der Waals surface area contributed by atoms with Gasteiger partial charge in [0.2, 0.25) is 0 Å². The summed E-state index contributed by atoms with van der Waals surface area (Å²) in [7, 11) is 0. The molecule has 0 radical (unpaired) electrons. The molecule has 0 N–H and O–H groups in total. The summed E-state index contributed by atoms with van der Waals surface area (Å²) in [6.45, 7) is 8.89. The van der Waals surface area contributed by atoms with Crippen LogP contribution in [-0.2, 0) is 13.1 Å². The van der Waals surface area contributed by atoms with Crippen molar-refractivity contribution in [1.82, 2.24) is 25.1 Å². The van der Waals surface area contributed by atoms with Crippen LogP contribution in [-0.4, -0.2) is 31.7 Å². The van der Waals surface area contributed by atoms with E-state index in [2.05, 4.69) is 53.3 Å². The van der Waals surface area contributed by atoms with E-state index in [9.17, 15) is 0 Å². The molecule has 1 atom stereocenters. The fourth-order valence-corrected chi connectivity index (χ4v) is 2.81. The van der Waals surface area contributed by atoms with E-state index in [0.717, 1.165) is 42.1 Å². The topological polar surface area (TPSA) is 60.0 Å². The molecular formula is C17H23N5O. The first-order valence-electron chi connectivity index (χ1n) is 8.20. The third-order valence-electron chi connectivity index (χ3n) is 4.20. The van der Waals surface area contributed by atoms with Crippen molar-refractivity contribution in [3.8, 4) is 0 Å². The van der Waals surface area contributed by atoms with Crippen molar-refractivity contribution in [3.05, 3.63) is 41.9 Å². The Hall–Kier alpha value is -2.21. The average molecular weight is 313 g/mol. The number of tetrazole rings is 1. The van der Waals surface area contributed by atoms with E-state index in [1.807, 2.05) is 22.9 Å². The number of fused-ring (bicyclic) bond motifs is 1. The van der Waals surface area contributed by atoms with Gasteiger partial charge in [0.1, 0.15) is 11.3 Å². The molecule has 0 saturated carbocycles. The summed E-state index contributed by atoms with van der Waals surface area (Å²) in [6, 6.07) is 10.4. The highest BCUT2D eigenvalue weighted by Gasteiger charge is 2.20. The van der Waals surface area contributed by atoms with Crippen LogP contribution in [0, 0.1) is 0 Å². The smallest absolute Gasteiger partial charge is 0.165 e. The first-order chi connectivity index (χ1) is 11.2. The van der Waals surface area contributed by atoms with Gasteiger partial charge in [-0.05, 0) is 42.4 Å². The summed E-state index contributed by atoms with van der Waals surface area (Å²) >= 11 is 0. The maximum atomic E-state index is 6.01. The number of aromatic nitrogens is 4. The summed E-state index contributed by atoms with van der Waals surface area (Å²) < 4.78 is 7.89. The van der Waals surface area contributed by atoms with Gasteiger partial charge in [-0.2, -0.15) is 0 Å². The lowest BCUT2D eigenvalue weighted by molar-refractivity contribution is 0.183. The first-order valence-corrected chi connectivity index (χ1v) is 8.20. The highest BCUT2D eigenvalue weighted by atomic mass is 16.3. The van der Waals surface area contributed by atoms with Gasteiger partial charge in [0.25, 0.3) is 0 Å². The number of benzene rings is 1. The fourth-order valence-electron chi connectivity index (χ4n) is 2.81. The van der Waals surface area contributed by atoms with Gasteiger partial charge in [0.05, 0.1) is 12.6 Å². The molecule has 3 aromatic rings. The second-order valence-corrected chi connectivity index (χ2v) is 5.74. The molecule has 6 heteroatoms. The standard InChI is InChI=1S/C17H23N5O/c1-4-10-22-17(18-19-20-22)12-21(5-2)13(3)16-11-14-8-6-7-9-15(14)23-16/h6-9,11,13H,4-5,10,12H2,1-3H3. The summed E-state index contributed by atoms with van der Waals surface area (Å²) in [6.07, 6.45) is 1.02. The van der Waals surface area contributed by atoms with Crippen LogP contribution < -0.4 is 0 Å². The largest absolute Gasteiger partial charge is 0.459 e. The van der Waals surface area contributed by atoms with E-state index in [1.165, 1.54) is 0 Å². The Labute approximate surface area is 136 Å². The van der Waals surface area contributed by atoms with Crippen LogP contribution in [0.25, 0.3) is 11.0 Å². The van der Waals surface area contributed by atoms with Crippen molar-refractivity contribution in [2.75, 3.05) is 6.54 Å². The quantitative estimate of drug-likeness (QED) is 0.669. The number of hydrogen-bond acceptors (Lipinski definition) is 5. The minimum Gasteiger partial charge on any atom is -0.459 e. The van der Waals surface area contributed by atoms with Crippen LogP contribution in [0.4, 0.5) is 0 Å². The second-order valence-electron chi connectivity index (χ2n) is 5.74. The number of rotatable bonds is 7. The Balaban J connectivity index is 1.80. The second kappa shape index (κ2) is 6.91. The molecule has 6 nitrogen and oxygen atoms in total. The number of aryl methyl sites for hydroxylation is 1. The predicted molar refractivity (Wildman–Crippen MR) is 88.8 cm³/mol. The summed E-state index contributed by atoms with van der Waals surface area (Å²) in [4.78, 5) is 2.32. The van der Waals surface area contributed by atoms with Crippen LogP contribution in [0.3, 0.4) is 0 Å². The SMILES string of the molecule is CCCn1nnnc1CN(CC)C(C)c1cc2ccccc2o1. The summed E-state index contributed by atoms with van der Waals surface area (Å²) in [5, 5.41) is 13.2. The van der Waals surface area contributed by atoms with Gasteiger partial charge in [-0.3, -0.25) is 4.90 Å². The molecular weight excluding hydrogens is 290 g/mol. The van der Waals surface area contributed by atoms with E-state index in [0.29, 0.717) is 6.54 Å². The third-order valence-corrected chi connectivity index (χ3v) is 4.20. The molecule has 2 aromatic heterocycles.